The van der Waals surface area contributed by atoms with Crippen LogP contribution >= 0.6 is 0 Å². The van der Waals surface area contributed by atoms with E-state index < -0.39 is 0 Å². The molecule has 3 N–H and O–H groups in total. The van der Waals surface area contributed by atoms with E-state index in [1.54, 1.807) is 6.20 Å². The van der Waals surface area contributed by atoms with Crippen LogP contribution in [-0.2, 0) is 11.2 Å². The van der Waals surface area contributed by atoms with Gasteiger partial charge in [-0.15, -0.1) is 0 Å². The lowest BCUT2D eigenvalue weighted by molar-refractivity contribution is -0.115. The molecule has 5 nitrogen and oxygen atoms in total. The van der Waals surface area contributed by atoms with Crippen molar-refractivity contribution in [3.05, 3.63) is 59.9 Å². The Morgan fingerprint density at radius 1 is 1.09 bits per heavy atom. The summed E-state index contributed by atoms with van der Waals surface area (Å²) in [6.45, 7) is 2.03. The van der Waals surface area contributed by atoms with E-state index >= 15 is 0 Å². The molecule has 2 aromatic carbocycles. The molecule has 0 aliphatic heterocycles. The maximum atomic E-state index is 12.3. The fourth-order valence-corrected chi connectivity index (χ4v) is 2.84. The van der Waals surface area contributed by atoms with Crippen molar-refractivity contribution < 1.29 is 4.79 Å². The summed E-state index contributed by atoms with van der Waals surface area (Å²) in [6.07, 6.45) is 2.11. The van der Waals surface area contributed by atoms with Crippen LogP contribution in [0.25, 0.3) is 21.8 Å². The minimum Gasteiger partial charge on any atom is -0.359 e. The normalized spacial score (nSPS) is 11.2. The van der Waals surface area contributed by atoms with Gasteiger partial charge in [0.15, 0.2) is 0 Å². The zero-order valence-corrected chi connectivity index (χ0v) is 12.7. The molecule has 1 amide bonds. The van der Waals surface area contributed by atoms with Crippen LogP contribution in [0.15, 0.2) is 48.7 Å². The summed E-state index contributed by atoms with van der Waals surface area (Å²) in [5.41, 5.74) is 4.89. The van der Waals surface area contributed by atoms with Gasteiger partial charge in [0.05, 0.1) is 18.1 Å². The second kappa shape index (κ2) is 5.28. The van der Waals surface area contributed by atoms with E-state index in [4.69, 9.17) is 0 Å². The van der Waals surface area contributed by atoms with Crippen molar-refractivity contribution in [1.29, 1.82) is 0 Å². The highest BCUT2D eigenvalue weighted by molar-refractivity contribution is 5.95. The monoisotopic (exact) mass is 304 g/mol. The van der Waals surface area contributed by atoms with Gasteiger partial charge in [-0.25, -0.2) is 0 Å². The number of hydrogen-bond donors (Lipinski definition) is 3. The highest BCUT2D eigenvalue weighted by atomic mass is 16.1. The number of carbonyl (C=O) groups is 1. The van der Waals surface area contributed by atoms with Crippen LogP contribution in [0.5, 0.6) is 0 Å². The Morgan fingerprint density at radius 3 is 2.91 bits per heavy atom. The molecule has 0 aliphatic rings. The van der Waals surface area contributed by atoms with E-state index in [2.05, 4.69) is 32.6 Å². The van der Waals surface area contributed by atoms with Crippen molar-refractivity contribution in [2.45, 2.75) is 13.3 Å². The molecule has 0 aliphatic carbocycles. The summed E-state index contributed by atoms with van der Waals surface area (Å²) in [7, 11) is 0. The Morgan fingerprint density at radius 2 is 2.00 bits per heavy atom. The Hall–Kier alpha value is -3.08. The van der Waals surface area contributed by atoms with Crippen LogP contribution in [0.3, 0.4) is 0 Å². The zero-order valence-electron chi connectivity index (χ0n) is 12.7. The quantitative estimate of drug-likeness (QED) is 0.541. The van der Waals surface area contributed by atoms with Crippen LogP contribution in [-0.4, -0.2) is 21.1 Å². The van der Waals surface area contributed by atoms with Gasteiger partial charge < -0.3 is 10.3 Å². The number of anilines is 1. The molecule has 4 aromatic rings. The number of aromatic amines is 2. The molecule has 5 heteroatoms. The first kappa shape index (κ1) is 13.6. The van der Waals surface area contributed by atoms with Gasteiger partial charge in [-0.1, -0.05) is 6.07 Å². The van der Waals surface area contributed by atoms with Crippen molar-refractivity contribution in [2.24, 2.45) is 0 Å². The third-order valence-electron chi connectivity index (χ3n) is 3.91. The van der Waals surface area contributed by atoms with Crippen LogP contribution < -0.4 is 5.32 Å². The standard InChI is InChI=1S/C18H16N4O/c1-11-6-14-7-12(2-5-16(14)20-11)8-18(23)21-15-4-3-13-10-19-22-17(13)9-15/h2-7,9-10,20H,8H2,1H3,(H,19,22)(H,21,23). The summed E-state index contributed by atoms with van der Waals surface area (Å²) < 4.78 is 0. The van der Waals surface area contributed by atoms with Crippen LogP contribution in [0.1, 0.15) is 11.3 Å². The van der Waals surface area contributed by atoms with Gasteiger partial charge in [0, 0.05) is 22.3 Å². The van der Waals surface area contributed by atoms with Gasteiger partial charge in [0.1, 0.15) is 0 Å². The molecule has 2 heterocycles. The van der Waals surface area contributed by atoms with E-state index in [0.29, 0.717) is 6.42 Å². The predicted molar refractivity (Wildman–Crippen MR) is 91.5 cm³/mol. The van der Waals surface area contributed by atoms with Crippen molar-refractivity contribution >= 4 is 33.4 Å². The zero-order chi connectivity index (χ0) is 15.8. The fourth-order valence-electron chi connectivity index (χ4n) is 2.84. The largest absolute Gasteiger partial charge is 0.359 e. The molecule has 0 saturated carbocycles. The molecule has 0 atom stereocenters. The SMILES string of the molecule is Cc1cc2cc(CC(=O)Nc3ccc4cn[nH]c4c3)ccc2[nH]1. The third-order valence-corrected chi connectivity index (χ3v) is 3.91. The lowest BCUT2D eigenvalue weighted by Crippen LogP contribution is -2.14. The number of aryl methyl sites for hydroxylation is 1. The molecule has 0 unspecified atom stereocenters. The van der Waals surface area contributed by atoms with Gasteiger partial charge in [-0.05, 0) is 54.3 Å². The smallest absolute Gasteiger partial charge is 0.228 e. The van der Waals surface area contributed by atoms with E-state index in [0.717, 1.165) is 38.8 Å². The molecule has 4 rings (SSSR count). The number of fused-ring (bicyclic) bond motifs is 2. The maximum absolute atomic E-state index is 12.3. The Kier molecular flexibility index (Phi) is 3.12. The number of H-pyrrole nitrogens is 2. The number of carbonyl (C=O) groups excluding carboxylic acids is 1. The number of hydrogen-bond acceptors (Lipinski definition) is 2. The topological polar surface area (TPSA) is 73.6 Å². The average molecular weight is 304 g/mol. The minimum atomic E-state index is -0.0320. The van der Waals surface area contributed by atoms with Gasteiger partial charge in [-0.3, -0.25) is 9.89 Å². The number of aromatic nitrogens is 3. The molecule has 23 heavy (non-hydrogen) atoms. The van der Waals surface area contributed by atoms with Crippen LogP contribution in [0.4, 0.5) is 5.69 Å². The Balaban J connectivity index is 1.51. The van der Waals surface area contributed by atoms with Crippen LogP contribution in [0, 0.1) is 6.92 Å². The van der Waals surface area contributed by atoms with Gasteiger partial charge in [0.25, 0.3) is 0 Å². The highest BCUT2D eigenvalue weighted by Gasteiger charge is 2.07. The molecule has 0 saturated heterocycles. The van der Waals surface area contributed by atoms with Gasteiger partial charge in [-0.2, -0.15) is 5.10 Å². The predicted octanol–water partition coefficient (Wildman–Crippen LogP) is 3.53. The van der Waals surface area contributed by atoms with Crippen molar-refractivity contribution in [3.8, 4) is 0 Å². The molecule has 0 radical (unpaired) electrons. The summed E-state index contributed by atoms with van der Waals surface area (Å²) in [5.74, 6) is -0.0320. The molecular weight excluding hydrogens is 288 g/mol. The molecule has 0 spiro atoms. The van der Waals surface area contributed by atoms with Crippen molar-refractivity contribution in [3.63, 3.8) is 0 Å². The Bertz CT molecular complexity index is 1010. The first-order valence-electron chi connectivity index (χ1n) is 7.49. The summed E-state index contributed by atoms with van der Waals surface area (Å²) in [4.78, 5) is 15.5. The van der Waals surface area contributed by atoms with Crippen molar-refractivity contribution in [2.75, 3.05) is 5.32 Å². The average Bonchev–Trinajstić information content (AvgIpc) is 3.11. The maximum Gasteiger partial charge on any atom is 0.228 e. The van der Waals surface area contributed by atoms with Gasteiger partial charge >= 0.3 is 0 Å². The third kappa shape index (κ3) is 2.68. The first-order valence-corrected chi connectivity index (χ1v) is 7.49. The van der Waals surface area contributed by atoms with E-state index in [-0.39, 0.29) is 5.91 Å². The number of rotatable bonds is 3. The lowest BCUT2D eigenvalue weighted by atomic mass is 10.1. The second-order valence-electron chi connectivity index (χ2n) is 5.77. The van der Waals surface area contributed by atoms with E-state index in [9.17, 15) is 4.79 Å². The number of benzene rings is 2. The highest BCUT2D eigenvalue weighted by Crippen LogP contribution is 2.19. The molecule has 114 valence electrons. The van der Waals surface area contributed by atoms with Crippen molar-refractivity contribution in [1.82, 2.24) is 15.2 Å². The molecule has 0 bridgehead atoms. The van der Waals surface area contributed by atoms with E-state index in [1.807, 2.05) is 37.3 Å². The van der Waals surface area contributed by atoms with Crippen LogP contribution in [0.2, 0.25) is 0 Å². The lowest BCUT2D eigenvalue weighted by Gasteiger charge is -2.06. The fraction of sp³-hybridized carbons (Fsp3) is 0.111. The summed E-state index contributed by atoms with van der Waals surface area (Å²) in [5, 5.41) is 12.0. The summed E-state index contributed by atoms with van der Waals surface area (Å²) in [6, 6.07) is 13.8. The first-order chi connectivity index (χ1) is 11.2. The summed E-state index contributed by atoms with van der Waals surface area (Å²) >= 11 is 0. The number of nitrogens with one attached hydrogen (secondary N) is 3. The van der Waals surface area contributed by atoms with Gasteiger partial charge in [0.2, 0.25) is 5.91 Å². The second-order valence-corrected chi connectivity index (χ2v) is 5.77. The Labute approximate surface area is 132 Å². The molecule has 2 aromatic heterocycles. The minimum absolute atomic E-state index is 0.0320. The number of nitrogens with zero attached hydrogens (tertiary/aromatic N) is 1. The molecule has 0 fully saturated rings. The number of amides is 1. The van der Waals surface area contributed by atoms with E-state index in [1.165, 1.54) is 0 Å². The molecular formula is C18H16N4O.